The Labute approximate surface area is 176 Å². The zero-order chi connectivity index (χ0) is 20.9. The maximum Gasteiger partial charge on any atom is 0.332 e. The van der Waals surface area contributed by atoms with E-state index in [1.807, 2.05) is 24.4 Å². The van der Waals surface area contributed by atoms with E-state index in [9.17, 15) is 14.0 Å². The Bertz CT molecular complexity index is 1220. The molecule has 3 aromatic rings. The van der Waals surface area contributed by atoms with Gasteiger partial charge in [0, 0.05) is 36.9 Å². The van der Waals surface area contributed by atoms with Crippen molar-refractivity contribution in [3.05, 3.63) is 78.3 Å². The molecule has 0 aliphatic carbocycles. The Morgan fingerprint density at radius 2 is 1.93 bits per heavy atom. The highest BCUT2D eigenvalue weighted by Crippen LogP contribution is 2.39. The van der Waals surface area contributed by atoms with E-state index in [-0.39, 0.29) is 17.8 Å². The topological polar surface area (TPSA) is 73.0 Å². The van der Waals surface area contributed by atoms with E-state index in [4.69, 9.17) is 0 Å². The third-order valence-corrected chi connectivity index (χ3v) is 6.87. The third-order valence-electron chi connectivity index (χ3n) is 6.05. The van der Waals surface area contributed by atoms with Crippen LogP contribution in [0.2, 0.25) is 0 Å². The lowest BCUT2D eigenvalue weighted by Crippen LogP contribution is -2.43. The van der Waals surface area contributed by atoms with Gasteiger partial charge in [0.2, 0.25) is 0 Å². The second-order valence-electron chi connectivity index (χ2n) is 8.39. The molecule has 1 atom stereocenters. The fourth-order valence-corrected chi connectivity index (χ4v) is 5.23. The number of hydrogen-bond acceptors (Lipinski definition) is 6. The molecule has 1 spiro atoms. The maximum atomic E-state index is 13.2. The van der Waals surface area contributed by atoms with Gasteiger partial charge in [-0.05, 0) is 37.6 Å². The fraction of sp³-hybridized carbons (Fsp3) is 0.429. The van der Waals surface area contributed by atoms with E-state index >= 15 is 0 Å². The molecule has 7 nitrogen and oxygen atoms in total. The highest BCUT2D eigenvalue weighted by Gasteiger charge is 2.44. The van der Waals surface area contributed by atoms with Crippen molar-refractivity contribution < 1.29 is 4.39 Å². The number of aromatic nitrogens is 4. The quantitative estimate of drug-likeness (QED) is 0.594. The van der Waals surface area contributed by atoms with Crippen molar-refractivity contribution in [3.63, 3.8) is 0 Å². The summed E-state index contributed by atoms with van der Waals surface area (Å²) in [6, 6.07) is 6.58. The molecule has 0 bridgehead atoms. The van der Waals surface area contributed by atoms with E-state index in [0.717, 1.165) is 42.3 Å². The van der Waals surface area contributed by atoms with Gasteiger partial charge in [-0.1, -0.05) is 12.1 Å². The van der Waals surface area contributed by atoms with Crippen molar-refractivity contribution in [2.45, 2.75) is 39.4 Å². The van der Waals surface area contributed by atoms with Gasteiger partial charge in [-0.25, -0.2) is 14.1 Å². The van der Waals surface area contributed by atoms with Crippen LogP contribution in [0.4, 0.5) is 4.39 Å². The highest BCUT2D eigenvalue weighted by molar-refractivity contribution is 7.09. The molecule has 2 aromatic heterocycles. The lowest BCUT2D eigenvalue weighted by atomic mass is 9.86. The van der Waals surface area contributed by atoms with Gasteiger partial charge in [-0.15, -0.1) is 11.3 Å². The summed E-state index contributed by atoms with van der Waals surface area (Å²) in [7, 11) is 0. The first-order chi connectivity index (χ1) is 14.4. The van der Waals surface area contributed by atoms with E-state index in [0.29, 0.717) is 18.8 Å². The molecule has 5 rings (SSSR count). The van der Waals surface area contributed by atoms with Gasteiger partial charge in [0.05, 0.1) is 17.2 Å². The minimum absolute atomic E-state index is 0.0813. The molecule has 30 heavy (non-hydrogen) atoms. The first-order valence-electron chi connectivity index (χ1n) is 9.99. The third kappa shape index (κ3) is 3.52. The number of rotatable bonds is 4. The molecule has 1 aromatic carbocycles. The van der Waals surface area contributed by atoms with Crippen LogP contribution < -0.4 is 11.1 Å². The summed E-state index contributed by atoms with van der Waals surface area (Å²) in [4.78, 5) is 32.0. The summed E-state index contributed by atoms with van der Waals surface area (Å²) >= 11 is 1.51. The average molecular weight is 428 g/mol. The molecule has 1 fully saturated rings. The number of hydrogen-bond donors (Lipinski definition) is 0. The summed E-state index contributed by atoms with van der Waals surface area (Å²) in [6.45, 7) is 5.13. The Balaban J connectivity index is 1.35. The van der Waals surface area contributed by atoms with Crippen molar-refractivity contribution in [2.24, 2.45) is 5.41 Å². The van der Waals surface area contributed by atoms with E-state index in [2.05, 4.69) is 15.0 Å². The zero-order valence-corrected chi connectivity index (χ0v) is 17.5. The fourth-order valence-electron chi connectivity index (χ4n) is 4.63. The van der Waals surface area contributed by atoms with Crippen molar-refractivity contribution in [3.8, 4) is 0 Å². The van der Waals surface area contributed by atoms with Crippen molar-refractivity contribution in [2.75, 3.05) is 13.1 Å². The van der Waals surface area contributed by atoms with Crippen molar-refractivity contribution >= 4 is 11.3 Å². The second-order valence-corrected chi connectivity index (χ2v) is 9.45. The van der Waals surface area contributed by atoms with Crippen LogP contribution in [0.25, 0.3) is 0 Å². The van der Waals surface area contributed by atoms with Gasteiger partial charge in [0.1, 0.15) is 11.6 Å². The van der Waals surface area contributed by atoms with Crippen LogP contribution in [0.15, 0.2) is 39.2 Å². The second kappa shape index (κ2) is 7.24. The Morgan fingerprint density at radius 3 is 2.67 bits per heavy atom. The molecule has 2 aliphatic heterocycles. The lowest BCUT2D eigenvalue weighted by Gasteiger charge is -2.22. The molecular formula is C21H22FN5O2S. The molecule has 4 heterocycles. The normalized spacial score (nSPS) is 20.9. The molecule has 2 aliphatic rings. The minimum atomic E-state index is -0.595. The number of halogens is 1. The molecule has 0 amide bonds. The van der Waals surface area contributed by atoms with Crippen LogP contribution in [0, 0.1) is 18.2 Å². The summed E-state index contributed by atoms with van der Waals surface area (Å²) in [5.41, 5.74) is 0.638. The molecule has 0 radical (unpaired) electrons. The number of aryl methyl sites for hydroxylation is 1. The molecule has 0 saturated carbocycles. The summed E-state index contributed by atoms with van der Waals surface area (Å²) < 4.78 is 16.0. The maximum absolute atomic E-state index is 13.2. The molecule has 0 N–H and O–H groups in total. The Hall–Kier alpha value is -2.65. The minimum Gasteiger partial charge on any atom is -0.298 e. The molecule has 156 valence electrons. The molecule has 1 saturated heterocycles. The number of thiazole rings is 1. The van der Waals surface area contributed by atoms with Crippen LogP contribution in [-0.2, 0) is 26.1 Å². The van der Waals surface area contributed by atoms with Crippen molar-refractivity contribution in [1.82, 2.24) is 24.2 Å². The average Bonchev–Trinajstić information content (AvgIpc) is 3.41. The smallest absolute Gasteiger partial charge is 0.298 e. The van der Waals surface area contributed by atoms with Crippen molar-refractivity contribution in [1.29, 1.82) is 0 Å². The zero-order valence-electron chi connectivity index (χ0n) is 16.7. The highest BCUT2D eigenvalue weighted by atomic mass is 32.1. The lowest BCUT2D eigenvalue weighted by molar-refractivity contribution is 0.246. The Kier molecular flexibility index (Phi) is 4.67. The van der Waals surface area contributed by atoms with E-state index < -0.39 is 11.1 Å². The van der Waals surface area contributed by atoms with Gasteiger partial charge in [0.15, 0.2) is 0 Å². The van der Waals surface area contributed by atoms with Crippen LogP contribution in [-0.4, -0.2) is 37.3 Å². The summed E-state index contributed by atoms with van der Waals surface area (Å²) in [6.07, 6.45) is 1.62. The largest absolute Gasteiger partial charge is 0.332 e. The van der Waals surface area contributed by atoms with E-state index in [1.54, 1.807) is 4.57 Å². The Morgan fingerprint density at radius 1 is 1.13 bits per heavy atom. The van der Waals surface area contributed by atoms with Gasteiger partial charge in [-0.3, -0.25) is 19.1 Å². The van der Waals surface area contributed by atoms with Gasteiger partial charge in [-0.2, -0.15) is 5.10 Å². The van der Waals surface area contributed by atoms with Gasteiger partial charge < -0.3 is 0 Å². The van der Waals surface area contributed by atoms with Gasteiger partial charge >= 0.3 is 11.1 Å². The number of benzene rings is 1. The van der Waals surface area contributed by atoms with Crippen LogP contribution >= 0.6 is 11.3 Å². The predicted molar refractivity (Wildman–Crippen MR) is 111 cm³/mol. The monoisotopic (exact) mass is 427 g/mol. The van der Waals surface area contributed by atoms with Crippen LogP contribution in [0.3, 0.4) is 0 Å². The number of nitrogens with zero attached hydrogens (tertiary/aromatic N) is 5. The number of fused-ring (bicyclic) bond motifs is 1. The predicted octanol–water partition coefficient (Wildman–Crippen LogP) is 1.81. The standard InChI is InChI=1S/C21H22FN5O2S/c1-14-23-17(11-30-14)10-27-20(29)19(28)26-13-21(8-18(26)24-27)6-7-25(12-21)9-15-2-4-16(22)5-3-15/h2-5,11H,6-10,12-13H2,1H3/t21-/m1/s1. The number of likely N-dealkylation sites (tertiary alicyclic amines) is 1. The SMILES string of the molecule is Cc1nc(Cn2nc3n(c(=O)c2=O)C[C@]2(CCN(Cc4ccc(F)cc4)C2)C3)cs1. The van der Waals surface area contributed by atoms with Gasteiger partial charge in [0.25, 0.3) is 0 Å². The molecule has 9 heteroatoms. The summed E-state index contributed by atoms with van der Waals surface area (Å²) in [5, 5.41) is 7.34. The van der Waals surface area contributed by atoms with E-state index in [1.165, 1.54) is 28.2 Å². The molecular weight excluding hydrogens is 405 g/mol. The first kappa shape index (κ1) is 19.3. The van der Waals surface area contributed by atoms with Crippen LogP contribution in [0.5, 0.6) is 0 Å². The summed E-state index contributed by atoms with van der Waals surface area (Å²) in [5.74, 6) is 0.443. The van der Waals surface area contributed by atoms with Crippen LogP contribution in [0.1, 0.15) is 28.5 Å². The molecule has 0 unspecified atom stereocenters. The first-order valence-corrected chi connectivity index (χ1v) is 10.9.